The highest BCUT2D eigenvalue weighted by Gasteiger charge is 2.00. The molecule has 0 amide bonds. The van der Waals surface area contributed by atoms with E-state index in [-0.39, 0.29) is 11.7 Å². The van der Waals surface area contributed by atoms with E-state index in [0.29, 0.717) is 6.29 Å². The molecule has 1 atom stereocenters. The summed E-state index contributed by atoms with van der Waals surface area (Å²) < 4.78 is 28.4. The highest BCUT2D eigenvalue weighted by Crippen LogP contribution is 2.14. The van der Waals surface area contributed by atoms with E-state index in [9.17, 15) is 13.6 Å². The summed E-state index contributed by atoms with van der Waals surface area (Å²) in [6, 6.07) is 2.54. The van der Waals surface area contributed by atoms with Crippen molar-refractivity contribution in [1.29, 1.82) is 0 Å². The molecule has 0 saturated carbocycles. The van der Waals surface area contributed by atoms with E-state index in [2.05, 4.69) is 8.60 Å². The number of hydrogen-bond donors (Lipinski definition) is 0. The second-order valence-corrected chi connectivity index (χ2v) is 2.14. The standard InChI is InChI=1S/C5H4O5S/c6-3-4-1-2-5(9-4)10-11(7)8/h1-3H,(H,7,8)/p-1. The van der Waals surface area contributed by atoms with Gasteiger partial charge in [0.1, 0.15) is 11.4 Å². The van der Waals surface area contributed by atoms with Gasteiger partial charge in [0.05, 0.1) is 0 Å². The molecule has 0 N–H and O–H groups in total. The van der Waals surface area contributed by atoms with E-state index in [0.717, 1.165) is 0 Å². The molecular formula is C5H3O5S-. The van der Waals surface area contributed by atoms with Gasteiger partial charge in [-0.1, -0.05) is 0 Å². The lowest BCUT2D eigenvalue weighted by Gasteiger charge is -2.01. The predicted octanol–water partition coefficient (Wildman–Crippen LogP) is 0.265. The average molecular weight is 175 g/mol. The monoisotopic (exact) mass is 175 g/mol. The molecule has 1 rings (SSSR count). The van der Waals surface area contributed by atoms with Crippen LogP contribution in [0.15, 0.2) is 16.5 Å². The van der Waals surface area contributed by atoms with Crippen molar-refractivity contribution in [1.82, 2.24) is 0 Å². The zero-order valence-electron chi connectivity index (χ0n) is 5.18. The lowest BCUT2D eigenvalue weighted by molar-refractivity contribution is 0.109. The van der Waals surface area contributed by atoms with Crippen molar-refractivity contribution in [2.24, 2.45) is 0 Å². The zero-order chi connectivity index (χ0) is 8.27. The molecule has 0 aliphatic rings. The third-order valence-corrected chi connectivity index (χ3v) is 1.17. The van der Waals surface area contributed by atoms with Crippen molar-refractivity contribution in [3.05, 3.63) is 17.9 Å². The van der Waals surface area contributed by atoms with E-state index in [1.54, 1.807) is 0 Å². The van der Waals surface area contributed by atoms with Crippen molar-refractivity contribution < 1.29 is 22.2 Å². The van der Waals surface area contributed by atoms with Crippen molar-refractivity contribution >= 4 is 17.6 Å². The van der Waals surface area contributed by atoms with Crippen LogP contribution in [0.3, 0.4) is 0 Å². The molecule has 0 aliphatic carbocycles. The Kier molecular flexibility index (Phi) is 2.40. The molecule has 0 spiro atoms. The van der Waals surface area contributed by atoms with Crippen LogP contribution in [0.2, 0.25) is 0 Å². The minimum absolute atomic E-state index is 0.0189. The Hall–Kier alpha value is -1.14. The molecule has 0 bridgehead atoms. The van der Waals surface area contributed by atoms with E-state index in [1.165, 1.54) is 12.1 Å². The molecule has 0 aliphatic heterocycles. The zero-order valence-corrected chi connectivity index (χ0v) is 6.00. The number of rotatable bonds is 3. The Balaban J connectivity index is 2.72. The first-order chi connectivity index (χ1) is 5.22. The van der Waals surface area contributed by atoms with Crippen LogP contribution in [0.4, 0.5) is 0 Å². The number of carbonyl (C=O) groups excluding carboxylic acids is 1. The highest BCUT2D eigenvalue weighted by molar-refractivity contribution is 7.74. The number of aldehydes is 1. The summed E-state index contributed by atoms with van der Waals surface area (Å²) in [7, 11) is 0. The molecule has 11 heavy (non-hydrogen) atoms. The number of furan rings is 1. The minimum Gasteiger partial charge on any atom is -0.740 e. The van der Waals surface area contributed by atoms with Gasteiger partial charge in [0.15, 0.2) is 12.0 Å². The largest absolute Gasteiger partial charge is 0.740 e. The quantitative estimate of drug-likeness (QED) is 0.486. The van der Waals surface area contributed by atoms with Crippen molar-refractivity contribution in [3.8, 4) is 5.95 Å². The lowest BCUT2D eigenvalue weighted by Crippen LogP contribution is -1.95. The van der Waals surface area contributed by atoms with Gasteiger partial charge in [-0.15, -0.1) is 0 Å². The SMILES string of the molecule is O=Cc1ccc(OS(=O)[O-])o1. The van der Waals surface area contributed by atoms with Gasteiger partial charge < -0.3 is 13.2 Å². The Labute approximate surface area is 64.5 Å². The van der Waals surface area contributed by atoms with Crippen LogP contribution in [0, 0.1) is 0 Å². The van der Waals surface area contributed by atoms with E-state index in [4.69, 9.17) is 0 Å². The van der Waals surface area contributed by atoms with Gasteiger partial charge in [-0.05, 0) is 6.07 Å². The molecule has 1 heterocycles. The normalized spacial score (nSPS) is 12.5. The summed E-state index contributed by atoms with van der Waals surface area (Å²) in [5, 5.41) is 0. The summed E-state index contributed by atoms with van der Waals surface area (Å²) >= 11 is -2.66. The maximum absolute atomic E-state index is 10.0. The van der Waals surface area contributed by atoms with Gasteiger partial charge in [-0.3, -0.25) is 4.79 Å². The van der Waals surface area contributed by atoms with Gasteiger partial charge >= 0.3 is 0 Å². The van der Waals surface area contributed by atoms with Gasteiger partial charge in [0.25, 0.3) is 5.95 Å². The van der Waals surface area contributed by atoms with Gasteiger partial charge in [-0.2, -0.15) is 0 Å². The number of carbonyl (C=O) groups is 1. The summed E-state index contributed by atoms with van der Waals surface area (Å²) in [5.41, 5.74) is 0. The third-order valence-electron chi connectivity index (χ3n) is 0.868. The maximum Gasteiger partial charge on any atom is 0.298 e. The summed E-state index contributed by atoms with van der Waals surface area (Å²) in [6.07, 6.45) is 0.445. The second-order valence-electron chi connectivity index (χ2n) is 1.56. The molecule has 0 fully saturated rings. The van der Waals surface area contributed by atoms with Crippen molar-refractivity contribution in [3.63, 3.8) is 0 Å². The van der Waals surface area contributed by atoms with Crippen LogP contribution in [0.1, 0.15) is 10.6 Å². The first-order valence-electron chi connectivity index (χ1n) is 2.55. The van der Waals surface area contributed by atoms with Gasteiger partial charge in [-0.25, -0.2) is 4.21 Å². The van der Waals surface area contributed by atoms with Crippen LogP contribution >= 0.6 is 0 Å². The van der Waals surface area contributed by atoms with Crippen molar-refractivity contribution in [2.45, 2.75) is 0 Å². The van der Waals surface area contributed by atoms with E-state index in [1.807, 2.05) is 0 Å². The van der Waals surface area contributed by atoms with Crippen LogP contribution in [-0.2, 0) is 11.4 Å². The van der Waals surface area contributed by atoms with Crippen LogP contribution in [0.25, 0.3) is 0 Å². The van der Waals surface area contributed by atoms with E-state index < -0.39 is 11.4 Å². The van der Waals surface area contributed by atoms with Crippen LogP contribution in [-0.4, -0.2) is 15.0 Å². The Morgan fingerprint density at radius 2 is 2.36 bits per heavy atom. The predicted molar refractivity (Wildman–Crippen MR) is 33.6 cm³/mol. The highest BCUT2D eigenvalue weighted by atomic mass is 32.2. The molecule has 1 aromatic heterocycles. The average Bonchev–Trinajstić information content (AvgIpc) is 2.34. The van der Waals surface area contributed by atoms with Crippen molar-refractivity contribution in [2.75, 3.05) is 0 Å². The Bertz CT molecular complexity index is 278. The fraction of sp³-hybridized carbons (Fsp3) is 0. The van der Waals surface area contributed by atoms with Gasteiger partial charge in [0, 0.05) is 6.07 Å². The minimum atomic E-state index is -2.66. The fourth-order valence-electron chi connectivity index (χ4n) is 0.510. The summed E-state index contributed by atoms with van der Waals surface area (Å²) in [4.78, 5) is 10.0. The van der Waals surface area contributed by atoms with E-state index >= 15 is 0 Å². The molecule has 5 nitrogen and oxygen atoms in total. The molecule has 6 heteroatoms. The molecule has 1 unspecified atom stereocenters. The lowest BCUT2D eigenvalue weighted by atomic mass is 10.5. The summed E-state index contributed by atoms with van der Waals surface area (Å²) in [5.74, 6) is -0.203. The van der Waals surface area contributed by atoms with Crippen LogP contribution in [0.5, 0.6) is 5.95 Å². The molecule has 60 valence electrons. The smallest absolute Gasteiger partial charge is 0.298 e. The number of hydrogen-bond acceptors (Lipinski definition) is 5. The first-order valence-corrected chi connectivity index (χ1v) is 3.55. The maximum atomic E-state index is 10.0. The molecule has 0 saturated heterocycles. The fourth-order valence-corrected chi connectivity index (χ4v) is 0.733. The summed E-state index contributed by atoms with van der Waals surface area (Å²) in [6.45, 7) is 0. The second kappa shape index (κ2) is 3.31. The Morgan fingerprint density at radius 1 is 1.64 bits per heavy atom. The molecular weight excluding hydrogens is 172 g/mol. The first kappa shape index (κ1) is 7.96. The topological polar surface area (TPSA) is 79.6 Å². The third kappa shape index (κ3) is 2.17. The molecule has 0 aromatic carbocycles. The van der Waals surface area contributed by atoms with Crippen LogP contribution < -0.4 is 4.18 Å². The molecule has 0 radical (unpaired) electrons. The molecule has 1 aromatic rings. The Morgan fingerprint density at radius 3 is 2.82 bits per heavy atom. The van der Waals surface area contributed by atoms with Gasteiger partial charge in [0.2, 0.25) is 0 Å².